The van der Waals surface area contributed by atoms with Crippen LogP contribution < -0.4 is 10.6 Å². The maximum absolute atomic E-state index is 13.8. The molecule has 1 fully saturated rings. The van der Waals surface area contributed by atoms with Crippen LogP contribution in [-0.2, 0) is 11.3 Å². The van der Waals surface area contributed by atoms with Crippen LogP contribution in [0.3, 0.4) is 0 Å². The molecule has 2 heterocycles. The Morgan fingerprint density at radius 3 is 2.67 bits per heavy atom. The van der Waals surface area contributed by atoms with E-state index < -0.39 is 0 Å². The van der Waals surface area contributed by atoms with Crippen LogP contribution in [0.25, 0.3) is 0 Å². The highest BCUT2D eigenvalue weighted by Gasteiger charge is 2.23. The second-order valence-electron chi connectivity index (χ2n) is 6.52. The second-order valence-corrected chi connectivity index (χ2v) is 6.52. The number of ether oxygens (including phenoxy) is 1. The highest BCUT2D eigenvalue weighted by atomic mass is 19.1. The smallest absolute Gasteiger partial charge is 0.191 e. The molecular formula is C20H28FN5O. The van der Waals surface area contributed by atoms with Gasteiger partial charge < -0.3 is 19.9 Å². The Morgan fingerprint density at radius 2 is 1.96 bits per heavy atom. The molecule has 0 amide bonds. The summed E-state index contributed by atoms with van der Waals surface area (Å²) in [7, 11) is 1.76. The number of benzene rings is 1. The van der Waals surface area contributed by atoms with Gasteiger partial charge in [-0.05, 0) is 29.8 Å². The van der Waals surface area contributed by atoms with Crippen molar-refractivity contribution in [1.82, 2.24) is 20.1 Å². The predicted molar refractivity (Wildman–Crippen MR) is 105 cm³/mol. The van der Waals surface area contributed by atoms with Crippen LogP contribution in [0.2, 0.25) is 0 Å². The van der Waals surface area contributed by atoms with Crippen molar-refractivity contribution in [2.24, 2.45) is 4.99 Å². The molecule has 1 aliphatic heterocycles. The summed E-state index contributed by atoms with van der Waals surface area (Å²) in [6.07, 6.45) is 4.08. The molecule has 6 nitrogen and oxygen atoms in total. The maximum Gasteiger partial charge on any atom is 0.191 e. The molecular weight excluding hydrogens is 345 g/mol. The van der Waals surface area contributed by atoms with Crippen molar-refractivity contribution in [3.63, 3.8) is 0 Å². The lowest BCUT2D eigenvalue weighted by molar-refractivity contribution is 0.0169. The molecule has 1 aliphatic rings. The summed E-state index contributed by atoms with van der Waals surface area (Å²) in [6.45, 7) is 5.37. The molecule has 1 saturated heterocycles. The van der Waals surface area contributed by atoms with Crippen LogP contribution in [0.15, 0.2) is 53.8 Å². The van der Waals surface area contributed by atoms with E-state index in [0.717, 1.165) is 37.7 Å². The van der Waals surface area contributed by atoms with E-state index in [9.17, 15) is 4.39 Å². The quantitative estimate of drug-likeness (QED) is 0.575. The summed E-state index contributed by atoms with van der Waals surface area (Å²) >= 11 is 0. The predicted octanol–water partition coefficient (Wildman–Crippen LogP) is 1.87. The van der Waals surface area contributed by atoms with Gasteiger partial charge in [0.25, 0.3) is 0 Å². The molecule has 146 valence electrons. The van der Waals surface area contributed by atoms with Crippen LogP contribution in [0.1, 0.15) is 11.6 Å². The van der Waals surface area contributed by atoms with Crippen molar-refractivity contribution >= 4 is 5.96 Å². The van der Waals surface area contributed by atoms with Gasteiger partial charge in [-0.3, -0.25) is 9.89 Å². The Hall–Kier alpha value is -2.38. The topological polar surface area (TPSA) is 53.8 Å². The van der Waals surface area contributed by atoms with E-state index in [0.29, 0.717) is 19.8 Å². The fourth-order valence-electron chi connectivity index (χ4n) is 3.30. The molecule has 7 heteroatoms. The normalized spacial score (nSPS) is 16.9. The van der Waals surface area contributed by atoms with Gasteiger partial charge in [0.15, 0.2) is 5.96 Å². The summed E-state index contributed by atoms with van der Waals surface area (Å²) in [6, 6.07) is 10.9. The van der Waals surface area contributed by atoms with E-state index in [1.54, 1.807) is 19.2 Å². The molecule has 1 aromatic heterocycles. The molecule has 0 bridgehead atoms. The number of guanidine groups is 1. The average Bonchev–Trinajstić information content (AvgIpc) is 3.21. The molecule has 2 aromatic rings. The molecule has 1 atom stereocenters. The van der Waals surface area contributed by atoms with Gasteiger partial charge in [-0.15, -0.1) is 0 Å². The maximum atomic E-state index is 13.8. The lowest BCUT2D eigenvalue weighted by Gasteiger charge is -2.35. The first-order valence-electron chi connectivity index (χ1n) is 9.39. The van der Waals surface area contributed by atoms with Crippen molar-refractivity contribution in [3.05, 3.63) is 60.2 Å². The number of nitrogens with zero attached hydrogens (tertiary/aromatic N) is 3. The van der Waals surface area contributed by atoms with E-state index in [1.807, 2.05) is 30.6 Å². The van der Waals surface area contributed by atoms with Gasteiger partial charge in [0.05, 0.1) is 19.3 Å². The van der Waals surface area contributed by atoms with Crippen molar-refractivity contribution in [3.8, 4) is 0 Å². The highest BCUT2D eigenvalue weighted by Crippen LogP contribution is 2.22. The van der Waals surface area contributed by atoms with Crippen LogP contribution in [-0.4, -0.2) is 61.9 Å². The fraction of sp³-hybridized carbons (Fsp3) is 0.450. The van der Waals surface area contributed by atoms with E-state index >= 15 is 0 Å². The van der Waals surface area contributed by atoms with E-state index in [1.165, 1.54) is 6.07 Å². The number of halogens is 1. The minimum Gasteiger partial charge on any atom is -0.379 e. The molecule has 27 heavy (non-hydrogen) atoms. The first-order valence-corrected chi connectivity index (χ1v) is 9.39. The van der Waals surface area contributed by atoms with Crippen LogP contribution in [0, 0.1) is 5.82 Å². The van der Waals surface area contributed by atoms with Gasteiger partial charge >= 0.3 is 0 Å². The number of rotatable bonds is 7. The van der Waals surface area contributed by atoms with Gasteiger partial charge in [0.1, 0.15) is 5.82 Å². The van der Waals surface area contributed by atoms with Crippen LogP contribution in [0.4, 0.5) is 4.39 Å². The van der Waals surface area contributed by atoms with Gasteiger partial charge in [-0.25, -0.2) is 4.39 Å². The zero-order valence-corrected chi connectivity index (χ0v) is 15.8. The number of aliphatic imine (C=N–C) groups is 1. The lowest BCUT2D eigenvalue weighted by Crippen LogP contribution is -2.46. The molecule has 0 radical (unpaired) electrons. The Kier molecular flexibility index (Phi) is 7.24. The molecule has 0 aliphatic carbocycles. The number of morpholine rings is 1. The van der Waals surface area contributed by atoms with E-state index in [4.69, 9.17) is 4.74 Å². The summed E-state index contributed by atoms with van der Waals surface area (Å²) < 4.78 is 21.3. The van der Waals surface area contributed by atoms with Crippen molar-refractivity contribution in [2.75, 3.05) is 46.4 Å². The summed E-state index contributed by atoms with van der Waals surface area (Å²) in [5.74, 6) is 0.539. The van der Waals surface area contributed by atoms with Crippen LogP contribution in [0.5, 0.6) is 0 Å². The molecule has 2 N–H and O–H groups in total. The number of hydrogen-bond donors (Lipinski definition) is 2. The number of hydrogen-bond acceptors (Lipinski definition) is 3. The summed E-state index contributed by atoms with van der Waals surface area (Å²) in [4.78, 5) is 6.63. The van der Waals surface area contributed by atoms with Gasteiger partial charge in [0, 0.05) is 52.2 Å². The minimum absolute atomic E-state index is 0.0626. The first kappa shape index (κ1) is 19.4. The van der Waals surface area contributed by atoms with Gasteiger partial charge in [0.2, 0.25) is 0 Å². The van der Waals surface area contributed by atoms with Crippen molar-refractivity contribution < 1.29 is 9.13 Å². The number of aromatic nitrogens is 1. The zero-order chi connectivity index (χ0) is 18.9. The fourth-order valence-corrected chi connectivity index (χ4v) is 3.30. The third kappa shape index (κ3) is 5.80. The third-order valence-corrected chi connectivity index (χ3v) is 4.74. The van der Waals surface area contributed by atoms with E-state index in [2.05, 4.69) is 25.1 Å². The minimum atomic E-state index is -0.208. The standard InChI is InChI=1S/C20H28FN5O/c1-22-20(23-7-10-25-8-2-3-9-25)24-16-19(26-11-13-27-14-12-26)17-5-4-6-18(21)15-17/h2-6,8-9,15,19H,7,10-14,16H2,1H3,(H2,22,23,24). The first-order chi connectivity index (χ1) is 13.3. The van der Waals surface area contributed by atoms with Crippen molar-refractivity contribution in [1.29, 1.82) is 0 Å². The monoisotopic (exact) mass is 373 g/mol. The molecule has 1 aromatic carbocycles. The third-order valence-electron chi connectivity index (χ3n) is 4.74. The number of nitrogens with one attached hydrogen (secondary N) is 2. The molecule has 0 spiro atoms. The second kappa shape index (κ2) is 10.1. The molecule has 3 rings (SSSR count). The summed E-state index contributed by atoms with van der Waals surface area (Å²) in [5, 5.41) is 6.72. The van der Waals surface area contributed by atoms with E-state index in [-0.39, 0.29) is 11.9 Å². The average molecular weight is 373 g/mol. The van der Waals surface area contributed by atoms with Gasteiger partial charge in [-0.2, -0.15) is 0 Å². The highest BCUT2D eigenvalue weighted by molar-refractivity contribution is 5.79. The SMILES string of the molecule is CN=C(NCCn1cccc1)NCC(c1cccc(F)c1)N1CCOCC1. The largest absolute Gasteiger partial charge is 0.379 e. The Morgan fingerprint density at radius 1 is 1.19 bits per heavy atom. The Balaban J connectivity index is 1.58. The Labute approximate surface area is 160 Å². The summed E-state index contributed by atoms with van der Waals surface area (Å²) in [5.41, 5.74) is 0.965. The molecule has 1 unspecified atom stereocenters. The molecule has 0 saturated carbocycles. The Bertz CT molecular complexity index is 713. The van der Waals surface area contributed by atoms with Crippen LogP contribution >= 0.6 is 0 Å². The zero-order valence-electron chi connectivity index (χ0n) is 15.8. The van der Waals surface area contributed by atoms with Crippen molar-refractivity contribution in [2.45, 2.75) is 12.6 Å². The lowest BCUT2D eigenvalue weighted by atomic mass is 10.0. The van der Waals surface area contributed by atoms with Gasteiger partial charge in [-0.1, -0.05) is 12.1 Å².